The predicted octanol–water partition coefficient (Wildman–Crippen LogP) is 38.0. The fourth-order valence-corrected chi connectivity index (χ4v) is 0. The first kappa shape index (κ1) is 288. The van der Waals surface area contributed by atoms with Crippen molar-refractivity contribution in [3.05, 3.63) is 0 Å². The van der Waals surface area contributed by atoms with Crippen molar-refractivity contribution < 1.29 is 0 Å². The third kappa shape index (κ3) is 0. The minimum Gasteiger partial charge on any atom is -0.0683 e. The molecule has 74 heavy (non-hydrogen) atoms. The van der Waals surface area contributed by atoms with Crippen LogP contribution in [0.4, 0.5) is 0 Å². The lowest BCUT2D eigenvalue weighted by molar-refractivity contribution is 1.50. The number of hydrogen-bond donors (Lipinski definition) is 0. The van der Waals surface area contributed by atoms with Gasteiger partial charge in [-0.25, -0.2) is 0 Å². The number of hydrogen-bond acceptors (Lipinski definition) is 0. The Morgan fingerprint density at radius 1 is 0.0270 bits per heavy atom. The lowest BCUT2D eigenvalue weighted by Crippen LogP contribution is -0.856. The molecule has 0 radical (unpaired) electrons. The molecular formula is C74H222. The lowest BCUT2D eigenvalue weighted by atomic mass is 11.0. The molecule has 0 heterocycles. The van der Waals surface area contributed by atoms with Gasteiger partial charge in [0.1, 0.15) is 0 Å². The zero-order valence-electron chi connectivity index (χ0n) is 74.0. The first-order valence-corrected chi connectivity index (χ1v) is 37.0. The first-order chi connectivity index (χ1) is 37.0. The fourth-order valence-electron chi connectivity index (χ4n) is 0. The van der Waals surface area contributed by atoms with E-state index in [1.807, 2.05) is 512 Å². The van der Waals surface area contributed by atoms with E-state index in [0.29, 0.717) is 0 Å². The van der Waals surface area contributed by atoms with Gasteiger partial charge in [-0.2, -0.15) is 0 Å². The van der Waals surface area contributed by atoms with Gasteiger partial charge in [0.05, 0.1) is 0 Å². The second kappa shape index (κ2) is 0. The molecule has 0 bridgehead atoms. The van der Waals surface area contributed by atoms with Gasteiger partial charge in [0.25, 0.3) is 0 Å². The van der Waals surface area contributed by atoms with Gasteiger partial charge in [0.15, 0.2) is 0 Å². The molecule has 0 aliphatic carbocycles. The van der Waals surface area contributed by atoms with Crippen molar-refractivity contribution in [3.8, 4) is 0 Å². The molecule has 0 aliphatic rings. The van der Waals surface area contributed by atoms with Gasteiger partial charge in [-0.15, -0.1) is 0 Å². The predicted molar refractivity (Wildman–Crippen MR) is 420 cm³/mol. The minimum absolute atomic E-state index is 2.00. The third-order valence-electron chi connectivity index (χ3n) is 0. The Hall–Kier alpha value is 0. The molecule has 0 fully saturated rings. The van der Waals surface area contributed by atoms with Crippen LogP contribution in [0.25, 0.3) is 0 Å². The largest absolute Gasteiger partial charge is 0.0683 e. The molecule has 0 rings (SSSR count). The Morgan fingerprint density at radius 2 is 0.0270 bits per heavy atom. The molecule has 0 aromatic rings. The van der Waals surface area contributed by atoms with Crippen molar-refractivity contribution in [2.24, 2.45) is 0 Å². The smallest absolute Gasteiger partial charge is 0.0683 e. The highest BCUT2D eigenvalue weighted by molar-refractivity contribution is 3.58. The molecule has 518 valence electrons. The maximum atomic E-state index is 2.00. The molecule has 0 aromatic carbocycles. The summed E-state index contributed by atoms with van der Waals surface area (Å²) in [5.41, 5.74) is 0. The maximum absolute atomic E-state index is 2.00. The zero-order chi connectivity index (χ0) is 74.0. The molecule has 0 atom stereocenters. The highest BCUT2D eigenvalue weighted by Gasteiger charge is 1.00. The van der Waals surface area contributed by atoms with E-state index in [1.54, 1.807) is 0 Å². The summed E-state index contributed by atoms with van der Waals surface area (Å²) in [5, 5.41) is 0. The Bertz CT molecular complexity index is 0. The molecule has 0 nitrogen and oxygen atoms in total. The van der Waals surface area contributed by atoms with Crippen LogP contribution in [0.1, 0.15) is 512 Å². The van der Waals surface area contributed by atoms with Crippen molar-refractivity contribution in [3.63, 3.8) is 0 Å². The van der Waals surface area contributed by atoms with E-state index in [2.05, 4.69) is 0 Å². The van der Waals surface area contributed by atoms with Gasteiger partial charge in [0, 0.05) is 0 Å². The summed E-state index contributed by atoms with van der Waals surface area (Å²) in [7, 11) is 0. The molecule has 0 aromatic heterocycles. The summed E-state index contributed by atoms with van der Waals surface area (Å²) >= 11 is 0. The van der Waals surface area contributed by atoms with Crippen LogP contribution in [0.15, 0.2) is 0 Å². The Morgan fingerprint density at radius 3 is 0.0270 bits per heavy atom. The van der Waals surface area contributed by atoms with Gasteiger partial charge >= 0.3 is 0 Å². The molecule has 0 unspecified atom stereocenters. The van der Waals surface area contributed by atoms with E-state index in [9.17, 15) is 0 Å². The second-order valence-electron chi connectivity index (χ2n) is 0. The van der Waals surface area contributed by atoms with Crippen LogP contribution in [-0.2, 0) is 0 Å². The molecule has 0 heteroatoms. The van der Waals surface area contributed by atoms with Crippen molar-refractivity contribution in [2.75, 3.05) is 0 Å². The zero-order valence-corrected chi connectivity index (χ0v) is 74.0. The highest BCUT2D eigenvalue weighted by Crippen LogP contribution is 1.22. The van der Waals surface area contributed by atoms with Gasteiger partial charge in [0.2, 0.25) is 0 Å². The first-order valence-electron chi connectivity index (χ1n) is 37.0. The van der Waals surface area contributed by atoms with Crippen LogP contribution in [0.2, 0.25) is 0 Å². The van der Waals surface area contributed by atoms with E-state index in [4.69, 9.17) is 0 Å². The van der Waals surface area contributed by atoms with Crippen molar-refractivity contribution in [2.45, 2.75) is 512 Å². The molecule has 0 saturated heterocycles. The van der Waals surface area contributed by atoms with E-state index in [-0.39, 0.29) is 0 Å². The molecule has 0 saturated carbocycles. The summed E-state index contributed by atoms with van der Waals surface area (Å²) in [5.74, 6) is 0. The quantitative estimate of drug-likeness (QED) is 0.227. The normalized spacial score (nSPS) is 3.00. The van der Waals surface area contributed by atoms with Crippen LogP contribution in [0.3, 0.4) is 0 Å². The Labute approximate surface area is 510 Å². The average Bonchev–Trinajstić information content (AvgIpc) is 3.65. The Balaban J connectivity index is -0.00000000543. The fraction of sp³-hybridized carbons (Fsp3) is 1.00. The maximum Gasteiger partial charge on any atom is -0.0683 e. The summed E-state index contributed by atoms with van der Waals surface area (Å²) in [6.07, 6.45) is 0. The second-order valence-corrected chi connectivity index (χ2v) is 0. The van der Waals surface area contributed by atoms with Crippen molar-refractivity contribution >= 4 is 0 Å². The standard InChI is InChI=1S/37C2H6/c37*1-2/h37*1-2H3. The summed E-state index contributed by atoms with van der Waals surface area (Å²) in [6, 6.07) is 0. The summed E-state index contributed by atoms with van der Waals surface area (Å²) < 4.78 is 0. The minimum atomic E-state index is 2.00. The van der Waals surface area contributed by atoms with Crippen LogP contribution in [-0.4, -0.2) is 0 Å². The van der Waals surface area contributed by atoms with Crippen LogP contribution in [0.5, 0.6) is 0 Å². The molecule has 0 N–H and O–H groups in total. The van der Waals surface area contributed by atoms with Crippen LogP contribution < -0.4 is 0 Å². The SMILES string of the molecule is CC.CC.CC.CC.CC.CC.CC.CC.CC.CC.CC.CC.CC.CC.CC.CC.CC.CC.CC.CC.CC.CC.CC.CC.CC.CC.CC.CC.CC.CC.CC.CC.CC.CC.CC.CC.CC. The van der Waals surface area contributed by atoms with E-state index >= 15 is 0 Å². The summed E-state index contributed by atoms with van der Waals surface area (Å²) in [6.45, 7) is 148. The lowest BCUT2D eigenvalue weighted by Gasteiger charge is -1.07. The monoisotopic (exact) mass is 1110 g/mol. The topological polar surface area (TPSA) is 0 Å². The molecule has 0 aliphatic heterocycles. The Kier molecular flexibility index (Phi) is 0. The molecular weight excluding hydrogens is 889 g/mol. The van der Waals surface area contributed by atoms with Gasteiger partial charge < -0.3 is 0 Å². The molecule has 0 spiro atoms. The van der Waals surface area contributed by atoms with E-state index in [0.717, 1.165) is 0 Å². The highest BCUT2D eigenvalue weighted by atomic mass is 13.1. The van der Waals surface area contributed by atoms with Crippen LogP contribution >= 0.6 is 0 Å². The number of rotatable bonds is 0. The average molecular weight is 1110 g/mol. The van der Waals surface area contributed by atoms with Gasteiger partial charge in [-0.3, -0.25) is 0 Å². The van der Waals surface area contributed by atoms with Crippen molar-refractivity contribution in [1.29, 1.82) is 0 Å². The van der Waals surface area contributed by atoms with Gasteiger partial charge in [-0.05, 0) is 0 Å². The van der Waals surface area contributed by atoms with E-state index < -0.39 is 0 Å². The van der Waals surface area contributed by atoms with Gasteiger partial charge in [-0.1, -0.05) is 512 Å². The van der Waals surface area contributed by atoms with Crippen LogP contribution in [0, 0.1) is 0 Å². The van der Waals surface area contributed by atoms with E-state index in [1.165, 1.54) is 0 Å². The summed E-state index contributed by atoms with van der Waals surface area (Å²) in [4.78, 5) is 0. The molecule has 0 amide bonds. The van der Waals surface area contributed by atoms with Crippen molar-refractivity contribution in [1.82, 2.24) is 0 Å². The third-order valence-corrected chi connectivity index (χ3v) is 0.